The van der Waals surface area contributed by atoms with Crippen LogP contribution in [0.2, 0.25) is 0 Å². The Balaban J connectivity index is 1.77. The Labute approximate surface area is 128 Å². The summed E-state index contributed by atoms with van der Waals surface area (Å²) in [5.74, 6) is 2.67. The van der Waals surface area contributed by atoms with E-state index in [1.807, 2.05) is 25.2 Å². The molecule has 0 heterocycles. The Hall–Kier alpha value is -0.870. The molecular formula is C17H25NO2S. The molecule has 2 aliphatic carbocycles. The zero-order valence-corrected chi connectivity index (χ0v) is 13.7. The minimum atomic E-state index is -3.13. The van der Waals surface area contributed by atoms with Crippen LogP contribution in [0.3, 0.4) is 0 Å². The standard InChI is InChI=1S/C17H25NO2S/c1-18-17(11-15-9-12-6-7-13(15)8-12)14-4-3-5-16(10-14)21(2,19)20/h3-5,10,12-13,15,17-18H,6-9,11H2,1-2H3. The van der Waals surface area contributed by atoms with Crippen molar-refractivity contribution in [3.63, 3.8) is 0 Å². The summed E-state index contributed by atoms with van der Waals surface area (Å²) < 4.78 is 23.4. The molecule has 0 aromatic heterocycles. The Bertz CT molecular complexity index is 611. The van der Waals surface area contributed by atoms with Gasteiger partial charge in [-0.05, 0) is 68.2 Å². The third kappa shape index (κ3) is 3.16. The van der Waals surface area contributed by atoms with Crippen LogP contribution < -0.4 is 5.32 Å². The lowest BCUT2D eigenvalue weighted by Gasteiger charge is -2.27. The van der Waals surface area contributed by atoms with Crippen molar-refractivity contribution in [2.45, 2.75) is 43.0 Å². The lowest BCUT2D eigenvalue weighted by molar-refractivity contribution is 0.284. The van der Waals surface area contributed by atoms with Gasteiger partial charge in [-0.1, -0.05) is 18.6 Å². The van der Waals surface area contributed by atoms with Gasteiger partial charge in [0.05, 0.1) is 4.90 Å². The molecule has 2 bridgehead atoms. The molecule has 0 amide bonds. The number of hydrogen-bond donors (Lipinski definition) is 1. The fourth-order valence-corrected chi connectivity index (χ4v) is 5.03. The van der Waals surface area contributed by atoms with Crippen molar-refractivity contribution in [3.05, 3.63) is 29.8 Å². The molecule has 1 N–H and O–H groups in total. The first-order valence-corrected chi connectivity index (χ1v) is 9.84. The second-order valence-electron chi connectivity index (χ2n) is 6.86. The second-order valence-corrected chi connectivity index (χ2v) is 8.87. The van der Waals surface area contributed by atoms with Gasteiger partial charge in [-0.15, -0.1) is 0 Å². The van der Waals surface area contributed by atoms with Crippen molar-refractivity contribution in [2.75, 3.05) is 13.3 Å². The number of fused-ring (bicyclic) bond motifs is 2. The van der Waals surface area contributed by atoms with Crippen molar-refractivity contribution in [1.29, 1.82) is 0 Å². The first-order valence-electron chi connectivity index (χ1n) is 7.94. The third-order valence-electron chi connectivity index (χ3n) is 5.46. The molecule has 21 heavy (non-hydrogen) atoms. The molecule has 0 aliphatic heterocycles. The van der Waals surface area contributed by atoms with Gasteiger partial charge in [0.15, 0.2) is 9.84 Å². The first-order chi connectivity index (χ1) is 9.97. The van der Waals surface area contributed by atoms with E-state index < -0.39 is 9.84 Å². The van der Waals surface area contributed by atoms with E-state index in [-0.39, 0.29) is 6.04 Å². The van der Waals surface area contributed by atoms with E-state index in [9.17, 15) is 8.42 Å². The average Bonchev–Trinajstić information content (AvgIpc) is 3.06. The fourth-order valence-electron chi connectivity index (χ4n) is 4.35. The molecule has 3 nitrogen and oxygen atoms in total. The van der Waals surface area contributed by atoms with Gasteiger partial charge in [-0.25, -0.2) is 8.42 Å². The van der Waals surface area contributed by atoms with Crippen LogP contribution in [-0.2, 0) is 9.84 Å². The van der Waals surface area contributed by atoms with Gasteiger partial charge in [0.2, 0.25) is 0 Å². The lowest BCUT2D eigenvalue weighted by Crippen LogP contribution is -2.22. The highest BCUT2D eigenvalue weighted by molar-refractivity contribution is 7.90. The predicted octanol–water partition coefficient (Wildman–Crippen LogP) is 3.18. The normalized spacial score (nSPS) is 29.7. The molecule has 0 radical (unpaired) electrons. The summed E-state index contributed by atoms with van der Waals surface area (Å²) in [6, 6.07) is 7.68. The smallest absolute Gasteiger partial charge is 0.175 e. The summed E-state index contributed by atoms with van der Waals surface area (Å²) in [6.45, 7) is 0. The van der Waals surface area contributed by atoms with Gasteiger partial charge < -0.3 is 5.32 Å². The zero-order valence-electron chi connectivity index (χ0n) is 12.9. The maximum Gasteiger partial charge on any atom is 0.175 e. The van der Waals surface area contributed by atoms with Crippen LogP contribution in [-0.4, -0.2) is 21.7 Å². The minimum Gasteiger partial charge on any atom is -0.313 e. The van der Waals surface area contributed by atoms with Gasteiger partial charge in [-0.3, -0.25) is 0 Å². The molecule has 2 saturated carbocycles. The van der Waals surface area contributed by atoms with E-state index in [4.69, 9.17) is 0 Å². The molecular weight excluding hydrogens is 282 g/mol. The molecule has 116 valence electrons. The van der Waals surface area contributed by atoms with Gasteiger partial charge in [0.1, 0.15) is 0 Å². The SMILES string of the molecule is CNC(CC1CC2CCC1C2)c1cccc(S(C)(=O)=O)c1. The number of nitrogens with one attached hydrogen (secondary N) is 1. The summed E-state index contributed by atoms with van der Waals surface area (Å²) in [6.07, 6.45) is 8.02. The van der Waals surface area contributed by atoms with Gasteiger partial charge in [0, 0.05) is 12.3 Å². The molecule has 0 saturated heterocycles. The van der Waals surface area contributed by atoms with Gasteiger partial charge in [0.25, 0.3) is 0 Å². The quantitative estimate of drug-likeness (QED) is 0.909. The molecule has 0 spiro atoms. The van der Waals surface area contributed by atoms with Crippen LogP contribution >= 0.6 is 0 Å². The predicted molar refractivity (Wildman–Crippen MR) is 84.9 cm³/mol. The number of rotatable bonds is 5. The van der Waals surface area contributed by atoms with Crippen LogP contribution in [0.1, 0.15) is 43.7 Å². The fraction of sp³-hybridized carbons (Fsp3) is 0.647. The van der Waals surface area contributed by atoms with Crippen molar-refractivity contribution >= 4 is 9.84 Å². The first kappa shape index (κ1) is 15.0. The monoisotopic (exact) mass is 307 g/mol. The van der Waals surface area contributed by atoms with Gasteiger partial charge >= 0.3 is 0 Å². The van der Waals surface area contributed by atoms with Crippen LogP contribution in [0.5, 0.6) is 0 Å². The van der Waals surface area contributed by atoms with E-state index in [0.717, 1.165) is 29.7 Å². The Morgan fingerprint density at radius 1 is 1.29 bits per heavy atom. The summed E-state index contributed by atoms with van der Waals surface area (Å²) in [5.41, 5.74) is 1.10. The molecule has 1 aromatic carbocycles. The highest BCUT2D eigenvalue weighted by Gasteiger charge is 2.40. The third-order valence-corrected chi connectivity index (χ3v) is 6.57. The summed E-state index contributed by atoms with van der Waals surface area (Å²) in [4.78, 5) is 0.424. The van der Waals surface area contributed by atoms with E-state index in [1.54, 1.807) is 6.07 Å². The van der Waals surface area contributed by atoms with Crippen LogP contribution in [0, 0.1) is 17.8 Å². The van der Waals surface area contributed by atoms with Crippen LogP contribution in [0.15, 0.2) is 29.2 Å². The second kappa shape index (κ2) is 5.73. The maximum absolute atomic E-state index is 11.7. The minimum absolute atomic E-state index is 0.260. The van der Waals surface area contributed by atoms with E-state index in [1.165, 1.54) is 31.9 Å². The summed E-state index contributed by atoms with van der Waals surface area (Å²) in [5, 5.41) is 3.39. The maximum atomic E-state index is 11.7. The van der Waals surface area contributed by atoms with Gasteiger partial charge in [-0.2, -0.15) is 0 Å². The average molecular weight is 307 g/mol. The Morgan fingerprint density at radius 3 is 2.67 bits per heavy atom. The number of sulfone groups is 1. The molecule has 2 aliphatic rings. The van der Waals surface area contributed by atoms with Crippen molar-refractivity contribution in [3.8, 4) is 0 Å². The van der Waals surface area contributed by atoms with E-state index >= 15 is 0 Å². The van der Waals surface area contributed by atoms with E-state index in [2.05, 4.69) is 5.32 Å². The van der Waals surface area contributed by atoms with Crippen molar-refractivity contribution in [2.24, 2.45) is 17.8 Å². The number of hydrogen-bond acceptors (Lipinski definition) is 3. The highest BCUT2D eigenvalue weighted by atomic mass is 32.2. The molecule has 4 unspecified atom stereocenters. The highest BCUT2D eigenvalue weighted by Crippen LogP contribution is 2.50. The van der Waals surface area contributed by atoms with Crippen molar-refractivity contribution < 1.29 is 8.42 Å². The molecule has 4 heteroatoms. The van der Waals surface area contributed by atoms with Crippen LogP contribution in [0.25, 0.3) is 0 Å². The number of benzene rings is 1. The molecule has 3 rings (SSSR count). The van der Waals surface area contributed by atoms with Crippen molar-refractivity contribution in [1.82, 2.24) is 5.32 Å². The zero-order chi connectivity index (χ0) is 15.0. The lowest BCUT2D eigenvalue weighted by atomic mass is 9.83. The largest absolute Gasteiger partial charge is 0.313 e. The Morgan fingerprint density at radius 2 is 2.10 bits per heavy atom. The Kier molecular flexibility index (Phi) is 4.10. The molecule has 2 fully saturated rings. The molecule has 4 atom stereocenters. The summed E-state index contributed by atoms with van der Waals surface area (Å²) >= 11 is 0. The van der Waals surface area contributed by atoms with E-state index in [0.29, 0.717) is 4.90 Å². The summed E-state index contributed by atoms with van der Waals surface area (Å²) in [7, 11) is -1.15. The molecule has 1 aromatic rings. The van der Waals surface area contributed by atoms with Crippen LogP contribution in [0.4, 0.5) is 0 Å². The topological polar surface area (TPSA) is 46.2 Å².